The summed E-state index contributed by atoms with van der Waals surface area (Å²) in [5.41, 5.74) is -0.422. The first kappa shape index (κ1) is 17.0. The van der Waals surface area contributed by atoms with Gasteiger partial charge in [0.2, 0.25) is 0 Å². The lowest BCUT2D eigenvalue weighted by Crippen LogP contribution is -2.20. The number of fused-ring (bicyclic) bond motifs is 1. The van der Waals surface area contributed by atoms with Crippen LogP contribution in [0.2, 0.25) is 5.15 Å². The Bertz CT molecular complexity index is 925. The highest BCUT2D eigenvalue weighted by molar-refractivity contribution is 6.33. The van der Waals surface area contributed by atoms with Gasteiger partial charge in [-0.3, -0.25) is 9.36 Å². The van der Waals surface area contributed by atoms with Crippen LogP contribution in [0.1, 0.15) is 19.7 Å². The lowest BCUT2D eigenvalue weighted by Gasteiger charge is -2.11. The molecule has 0 spiro atoms. The summed E-state index contributed by atoms with van der Waals surface area (Å²) >= 11 is 6.02. The Balaban J connectivity index is 0.000000924. The molecule has 4 nitrogen and oxygen atoms in total. The second-order valence-corrected chi connectivity index (χ2v) is 4.76. The van der Waals surface area contributed by atoms with Gasteiger partial charge in [0.05, 0.1) is 11.1 Å². The van der Waals surface area contributed by atoms with E-state index in [0.717, 1.165) is 10.6 Å². The topological polar surface area (TPSA) is 47.8 Å². The van der Waals surface area contributed by atoms with Crippen molar-refractivity contribution in [2.24, 2.45) is 0 Å². The Kier molecular flexibility index (Phi) is 5.05. The minimum Gasteiger partial charge on any atom is -0.269 e. The monoisotopic (exact) mass is 337 g/mol. The number of benzene rings is 1. The van der Waals surface area contributed by atoms with Gasteiger partial charge in [-0.2, -0.15) is 0 Å². The van der Waals surface area contributed by atoms with E-state index in [1.165, 1.54) is 18.2 Å². The van der Waals surface area contributed by atoms with Crippen LogP contribution in [0.25, 0.3) is 16.7 Å². The van der Waals surface area contributed by atoms with Gasteiger partial charge in [-0.1, -0.05) is 25.4 Å². The zero-order valence-electron chi connectivity index (χ0n) is 12.8. The molecule has 0 aliphatic rings. The van der Waals surface area contributed by atoms with Crippen molar-refractivity contribution in [3.05, 3.63) is 63.3 Å². The molecule has 0 radical (unpaired) electrons. The van der Waals surface area contributed by atoms with Crippen LogP contribution in [-0.2, 0) is 0 Å². The average molecular weight is 338 g/mol. The van der Waals surface area contributed by atoms with Crippen molar-refractivity contribution in [1.29, 1.82) is 0 Å². The number of nitrogens with zero attached hydrogens (tertiary/aromatic N) is 3. The molecule has 0 N–H and O–H groups in total. The van der Waals surface area contributed by atoms with Crippen LogP contribution < -0.4 is 5.56 Å². The molecule has 0 saturated heterocycles. The van der Waals surface area contributed by atoms with Crippen molar-refractivity contribution < 1.29 is 8.78 Å². The largest absolute Gasteiger partial charge is 0.269 e. The molecule has 1 aromatic carbocycles. The second-order valence-electron chi connectivity index (χ2n) is 4.40. The maximum Gasteiger partial charge on any atom is 0.256 e. The number of hydrogen-bond acceptors (Lipinski definition) is 3. The van der Waals surface area contributed by atoms with Crippen LogP contribution >= 0.6 is 11.6 Å². The summed E-state index contributed by atoms with van der Waals surface area (Å²) in [6.45, 7) is 5.61. The molecule has 0 fully saturated rings. The molecular weight excluding hydrogens is 324 g/mol. The number of aryl methyl sites for hydroxylation is 1. The first-order valence-electron chi connectivity index (χ1n) is 6.99. The van der Waals surface area contributed by atoms with Gasteiger partial charge in [-0.25, -0.2) is 18.7 Å². The Morgan fingerprint density at radius 2 is 1.78 bits per heavy atom. The van der Waals surface area contributed by atoms with Crippen molar-refractivity contribution in [3.8, 4) is 5.69 Å². The Hall–Kier alpha value is -2.34. The van der Waals surface area contributed by atoms with E-state index in [-0.39, 0.29) is 16.5 Å². The van der Waals surface area contributed by atoms with E-state index in [4.69, 9.17) is 11.6 Å². The van der Waals surface area contributed by atoms with Gasteiger partial charge in [-0.15, -0.1) is 0 Å². The van der Waals surface area contributed by atoms with E-state index >= 15 is 0 Å². The number of aromatic nitrogens is 3. The second kappa shape index (κ2) is 6.83. The van der Waals surface area contributed by atoms with Crippen molar-refractivity contribution in [1.82, 2.24) is 14.5 Å². The fraction of sp³-hybridized carbons (Fsp3) is 0.188. The highest BCUT2D eigenvalue weighted by Gasteiger charge is 2.14. The SMILES string of the molecule is CC.Cc1nc(Cl)c2ccc(=O)n(-c3ccc(F)cc3F)c2n1. The molecule has 2 aromatic heterocycles. The third-order valence-corrected chi connectivity index (χ3v) is 3.25. The molecule has 3 rings (SSSR count). The number of hydrogen-bond donors (Lipinski definition) is 0. The molecule has 0 saturated carbocycles. The normalized spacial score (nSPS) is 10.3. The van der Waals surface area contributed by atoms with E-state index in [2.05, 4.69) is 9.97 Å². The summed E-state index contributed by atoms with van der Waals surface area (Å²) in [5, 5.41) is 0.569. The summed E-state index contributed by atoms with van der Waals surface area (Å²) in [6.07, 6.45) is 0. The van der Waals surface area contributed by atoms with E-state index in [1.807, 2.05) is 13.8 Å². The Labute approximate surface area is 136 Å². The van der Waals surface area contributed by atoms with Gasteiger partial charge < -0.3 is 0 Å². The number of pyridine rings is 1. The van der Waals surface area contributed by atoms with Gasteiger partial charge in [-0.05, 0) is 25.1 Å². The minimum atomic E-state index is -0.864. The van der Waals surface area contributed by atoms with E-state index in [0.29, 0.717) is 17.3 Å². The van der Waals surface area contributed by atoms with Crippen LogP contribution in [-0.4, -0.2) is 14.5 Å². The van der Waals surface area contributed by atoms with Crippen molar-refractivity contribution in [3.63, 3.8) is 0 Å². The summed E-state index contributed by atoms with van der Waals surface area (Å²) in [7, 11) is 0. The molecule has 0 amide bonds. The van der Waals surface area contributed by atoms with Crippen LogP contribution in [0.5, 0.6) is 0 Å². The maximum absolute atomic E-state index is 14.0. The molecule has 2 heterocycles. The van der Waals surface area contributed by atoms with Gasteiger partial charge >= 0.3 is 0 Å². The standard InChI is InChI=1S/C14H8ClF2N3O.C2H6/c1-7-18-13(15)9-3-5-12(21)20(14(9)19-7)11-4-2-8(16)6-10(11)17;1-2/h2-6H,1H3;1-2H3. The Morgan fingerprint density at radius 1 is 1.09 bits per heavy atom. The quantitative estimate of drug-likeness (QED) is 0.629. The molecule has 23 heavy (non-hydrogen) atoms. The van der Waals surface area contributed by atoms with Crippen molar-refractivity contribution in [2.45, 2.75) is 20.8 Å². The third-order valence-electron chi connectivity index (χ3n) is 2.97. The molecule has 0 aliphatic heterocycles. The fourth-order valence-corrected chi connectivity index (χ4v) is 2.35. The van der Waals surface area contributed by atoms with Crippen molar-refractivity contribution in [2.75, 3.05) is 0 Å². The zero-order chi connectivity index (χ0) is 17.1. The molecule has 3 aromatic rings. The molecular formula is C16H14ClF2N3O. The first-order valence-corrected chi connectivity index (χ1v) is 7.36. The molecule has 0 atom stereocenters. The van der Waals surface area contributed by atoms with Gasteiger partial charge in [0.1, 0.15) is 22.6 Å². The number of halogens is 3. The minimum absolute atomic E-state index is 0.0961. The summed E-state index contributed by atoms with van der Waals surface area (Å²) in [4.78, 5) is 20.2. The van der Waals surface area contributed by atoms with E-state index < -0.39 is 17.2 Å². The maximum atomic E-state index is 14.0. The molecule has 0 bridgehead atoms. The lowest BCUT2D eigenvalue weighted by molar-refractivity contribution is 0.577. The fourth-order valence-electron chi connectivity index (χ4n) is 2.08. The molecule has 0 unspecified atom stereocenters. The summed E-state index contributed by atoms with van der Waals surface area (Å²) < 4.78 is 28.0. The smallest absolute Gasteiger partial charge is 0.256 e. The highest BCUT2D eigenvalue weighted by Crippen LogP contribution is 2.22. The van der Waals surface area contributed by atoms with Crippen molar-refractivity contribution >= 4 is 22.6 Å². The predicted octanol–water partition coefficient (Wildman–Crippen LogP) is 4.05. The third kappa shape index (κ3) is 3.22. The van der Waals surface area contributed by atoms with Gasteiger partial charge in [0, 0.05) is 12.1 Å². The highest BCUT2D eigenvalue weighted by atomic mass is 35.5. The van der Waals surface area contributed by atoms with E-state index in [9.17, 15) is 13.6 Å². The first-order chi connectivity index (χ1) is 11.0. The van der Waals surface area contributed by atoms with Gasteiger partial charge in [0.15, 0.2) is 5.65 Å². The zero-order valence-corrected chi connectivity index (χ0v) is 13.5. The lowest BCUT2D eigenvalue weighted by atomic mass is 10.2. The van der Waals surface area contributed by atoms with E-state index in [1.54, 1.807) is 6.92 Å². The van der Waals surface area contributed by atoms with Crippen LogP contribution in [0.4, 0.5) is 8.78 Å². The van der Waals surface area contributed by atoms with Crippen LogP contribution in [0.15, 0.2) is 35.1 Å². The number of rotatable bonds is 1. The molecule has 0 aliphatic carbocycles. The molecule has 120 valence electrons. The average Bonchev–Trinajstić information content (AvgIpc) is 2.50. The van der Waals surface area contributed by atoms with Crippen LogP contribution in [0, 0.1) is 18.6 Å². The Morgan fingerprint density at radius 3 is 2.43 bits per heavy atom. The molecule has 7 heteroatoms. The summed E-state index contributed by atoms with van der Waals surface area (Å²) in [6, 6.07) is 5.65. The summed E-state index contributed by atoms with van der Waals surface area (Å²) in [5.74, 6) is -1.25. The van der Waals surface area contributed by atoms with Crippen LogP contribution in [0.3, 0.4) is 0 Å². The van der Waals surface area contributed by atoms with Gasteiger partial charge in [0.25, 0.3) is 5.56 Å². The predicted molar refractivity (Wildman–Crippen MR) is 86.1 cm³/mol.